The van der Waals surface area contributed by atoms with Gasteiger partial charge in [-0.15, -0.1) is 0 Å². The average Bonchev–Trinajstić information content (AvgIpc) is 2.12. The normalized spacial score (nSPS) is 18.1. The van der Waals surface area contributed by atoms with Crippen molar-refractivity contribution in [1.82, 2.24) is 14.8 Å². The van der Waals surface area contributed by atoms with Crippen LogP contribution in [0.3, 0.4) is 0 Å². The number of rotatable bonds is 3. The third kappa shape index (κ3) is 2.56. The minimum absolute atomic E-state index is 0.715. The number of nitrogens with zero attached hydrogens (tertiary/aromatic N) is 3. The Morgan fingerprint density at radius 3 is 2.87 bits per heavy atom. The number of likely N-dealkylation sites (N-methyl/N-ethyl adjacent to an activating group) is 1. The van der Waals surface area contributed by atoms with Gasteiger partial charge in [0.2, 0.25) is 0 Å². The summed E-state index contributed by atoms with van der Waals surface area (Å²) in [5.41, 5.74) is 1.13. The molecule has 0 aromatic carbocycles. The van der Waals surface area contributed by atoms with Gasteiger partial charge in [-0.05, 0) is 42.2 Å². The van der Waals surface area contributed by atoms with Gasteiger partial charge in [0.25, 0.3) is 0 Å². The van der Waals surface area contributed by atoms with Gasteiger partial charge in [-0.3, -0.25) is 9.88 Å². The maximum absolute atomic E-state index is 4.37. The van der Waals surface area contributed by atoms with E-state index in [-0.39, 0.29) is 0 Å². The van der Waals surface area contributed by atoms with Crippen LogP contribution in [-0.4, -0.2) is 48.0 Å². The fourth-order valence-corrected chi connectivity index (χ4v) is 2.13. The molecule has 0 spiro atoms. The molecule has 3 nitrogen and oxygen atoms in total. The van der Waals surface area contributed by atoms with Crippen LogP contribution in [-0.2, 0) is 6.54 Å². The highest BCUT2D eigenvalue weighted by molar-refractivity contribution is 9.10. The highest BCUT2D eigenvalue weighted by Gasteiger charge is 2.28. The van der Waals surface area contributed by atoms with Crippen LogP contribution in [0, 0.1) is 0 Å². The van der Waals surface area contributed by atoms with Crippen LogP contribution in [0.15, 0.2) is 22.8 Å². The molecule has 82 valence electrons. The predicted molar refractivity (Wildman–Crippen MR) is 64.7 cm³/mol. The first-order chi connectivity index (χ1) is 7.16. The number of halogens is 1. The van der Waals surface area contributed by atoms with Crippen LogP contribution in [0.5, 0.6) is 0 Å². The standard InChI is InChI=1S/C11H16BrN3/c1-14(2)9-6-15(7-9)8-11-10(12)4-3-5-13-11/h3-5,9H,6-8H2,1-2H3. The Labute approximate surface area is 99.2 Å². The third-order valence-corrected chi connectivity index (χ3v) is 3.60. The van der Waals surface area contributed by atoms with Gasteiger partial charge in [0, 0.05) is 36.3 Å². The molecule has 2 rings (SSSR count). The highest BCUT2D eigenvalue weighted by Crippen LogP contribution is 2.19. The summed E-state index contributed by atoms with van der Waals surface area (Å²) in [7, 11) is 4.28. The second-order valence-corrected chi connectivity index (χ2v) is 5.10. The van der Waals surface area contributed by atoms with E-state index in [0.29, 0.717) is 6.04 Å². The first-order valence-corrected chi connectivity index (χ1v) is 5.94. The van der Waals surface area contributed by atoms with Gasteiger partial charge in [0.15, 0.2) is 0 Å². The van der Waals surface area contributed by atoms with E-state index in [1.165, 1.54) is 0 Å². The van der Waals surface area contributed by atoms with Crippen molar-refractivity contribution in [1.29, 1.82) is 0 Å². The van der Waals surface area contributed by atoms with Crippen molar-refractivity contribution >= 4 is 15.9 Å². The number of likely N-dealkylation sites (tertiary alicyclic amines) is 1. The van der Waals surface area contributed by atoms with Crippen LogP contribution < -0.4 is 0 Å². The third-order valence-electron chi connectivity index (χ3n) is 2.88. The summed E-state index contributed by atoms with van der Waals surface area (Å²) in [5.74, 6) is 0. The highest BCUT2D eigenvalue weighted by atomic mass is 79.9. The molecule has 15 heavy (non-hydrogen) atoms. The van der Waals surface area contributed by atoms with Crippen LogP contribution in [0.2, 0.25) is 0 Å². The molecular formula is C11H16BrN3. The molecule has 4 heteroatoms. The van der Waals surface area contributed by atoms with Crippen LogP contribution in [0.1, 0.15) is 5.69 Å². The second-order valence-electron chi connectivity index (χ2n) is 4.24. The Bertz CT molecular complexity index is 334. The molecule has 1 aliphatic rings. The molecular weight excluding hydrogens is 254 g/mol. The largest absolute Gasteiger partial charge is 0.304 e. The SMILES string of the molecule is CN(C)C1CN(Cc2ncccc2Br)C1. The van der Waals surface area contributed by atoms with E-state index in [4.69, 9.17) is 0 Å². The first kappa shape index (κ1) is 11.0. The first-order valence-electron chi connectivity index (χ1n) is 5.15. The molecule has 1 saturated heterocycles. The summed E-state index contributed by atoms with van der Waals surface area (Å²) >= 11 is 3.52. The van der Waals surface area contributed by atoms with Gasteiger partial charge in [0.1, 0.15) is 0 Å². The molecule has 0 atom stereocenters. The van der Waals surface area contributed by atoms with Crippen molar-refractivity contribution in [2.24, 2.45) is 0 Å². The molecule has 0 unspecified atom stereocenters. The number of hydrogen-bond acceptors (Lipinski definition) is 3. The van der Waals surface area contributed by atoms with Gasteiger partial charge in [-0.25, -0.2) is 0 Å². The van der Waals surface area contributed by atoms with E-state index < -0.39 is 0 Å². The van der Waals surface area contributed by atoms with E-state index in [9.17, 15) is 0 Å². The monoisotopic (exact) mass is 269 g/mol. The molecule has 1 aromatic rings. The van der Waals surface area contributed by atoms with E-state index >= 15 is 0 Å². The Morgan fingerprint density at radius 1 is 1.53 bits per heavy atom. The minimum Gasteiger partial charge on any atom is -0.304 e. The van der Waals surface area contributed by atoms with Crippen molar-refractivity contribution in [3.05, 3.63) is 28.5 Å². The van der Waals surface area contributed by atoms with Gasteiger partial charge >= 0.3 is 0 Å². The Morgan fingerprint density at radius 2 is 2.27 bits per heavy atom. The molecule has 0 aliphatic carbocycles. The maximum atomic E-state index is 4.37. The molecule has 0 N–H and O–H groups in total. The zero-order valence-corrected chi connectivity index (χ0v) is 10.7. The predicted octanol–water partition coefficient (Wildman–Crippen LogP) is 1.59. The molecule has 0 saturated carbocycles. The molecule has 2 heterocycles. The molecule has 1 fully saturated rings. The lowest BCUT2D eigenvalue weighted by Gasteiger charge is -2.42. The van der Waals surface area contributed by atoms with Crippen molar-refractivity contribution in [2.75, 3.05) is 27.2 Å². The average molecular weight is 270 g/mol. The number of aromatic nitrogens is 1. The Hall–Kier alpha value is -0.450. The number of pyridine rings is 1. The summed E-state index contributed by atoms with van der Waals surface area (Å²) in [6.45, 7) is 3.25. The lowest BCUT2D eigenvalue weighted by molar-refractivity contribution is 0.0562. The quantitative estimate of drug-likeness (QED) is 0.831. The van der Waals surface area contributed by atoms with Gasteiger partial charge < -0.3 is 4.90 Å². The Kier molecular flexibility index (Phi) is 3.38. The zero-order valence-electron chi connectivity index (χ0n) is 9.15. The summed E-state index contributed by atoms with van der Waals surface area (Å²) < 4.78 is 1.11. The van der Waals surface area contributed by atoms with Crippen molar-refractivity contribution in [2.45, 2.75) is 12.6 Å². The molecule has 0 amide bonds. The van der Waals surface area contributed by atoms with Crippen molar-refractivity contribution in [3.63, 3.8) is 0 Å². The summed E-state index contributed by atoms with van der Waals surface area (Å²) in [6.07, 6.45) is 1.85. The lowest BCUT2D eigenvalue weighted by atomic mass is 10.1. The fourth-order valence-electron chi connectivity index (χ4n) is 1.74. The fraction of sp³-hybridized carbons (Fsp3) is 0.545. The van der Waals surface area contributed by atoms with E-state index in [2.05, 4.69) is 44.8 Å². The molecule has 1 aliphatic heterocycles. The second kappa shape index (κ2) is 4.60. The van der Waals surface area contributed by atoms with Crippen LogP contribution >= 0.6 is 15.9 Å². The van der Waals surface area contributed by atoms with Gasteiger partial charge in [-0.2, -0.15) is 0 Å². The molecule has 0 bridgehead atoms. The van der Waals surface area contributed by atoms with Crippen molar-refractivity contribution in [3.8, 4) is 0 Å². The van der Waals surface area contributed by atoms with E-state index in [0.717, 1.165) is 29.8 Å². The lowest BCUT2D eigenvalue weighted by Crippen LogP contribution is -2.56. The van der Waals surface area contributed by atoms with E-state index in [1.54, 1.807) is 0 Å². The summed E-state index contributed by atoms with van der Waals surface area (Å²) in [6, 6.07) is 4.71. The van der Waals surface area contributed by atoms with Crippen LogP contribution in [0.25, 0.3) is 0 Å². The van der Waals surface area contributed by atoms with Crippen LogP contribution in [0.4, 0.5) is 0 Å². The van der Waals surface area contributed by atoms with Gasteiger partial charge in [-0.1, -0.05) is 0 Å². The maximum Gasteiger partial charge on any atom is 0.0685 e. The topological polar surface area (TPSA) is 19.4 Å². The summed E-state index contributed by atoms with van der Waals surface area (Å²) in [4.78, 5) is 9.06. The minimum atomic E-state index is 0.715. The van der Waals surface area contributed by atoms with Gasteiger partial charge in [0.05, 0.1) is 5.69 Å². The number of hydrogen-bond donors (Lipinski definition) is 0. The Balaban J connectivity index is 1.88. The smallest absolute Gasteiger partial charge is 0.0685 e. The molecule has 1 aromatic heterocycles. The molecule has 0 radical (unpaired) electrons. The summed E-state index contributed by atoms with van der Waals surface area (Å²) in [5, 5.41) is 0. The van der Waals surface area contributed by atoms with E-state index in [1.807, 2.05) is 18.3 Å². The van der Waals surface area contributed by atoms with Crippen molar-refractivity contribution < 1.29 is 0 Å². The zero-order chi connectivity index (χ0) is 10.8.